The highest BCUT2D eigenvalue weighted by molar-refractivity contribution is 5.49. The highest BCUT2D eigenvalue weighted by atomic mass is 16.3. The van der Waals surface area contributed by atoms with Gasteiger partial charge >= 0.3 is 0 Å². The summed E-state index contributed by atoms with van der Waals surface area (Å²) in [5.41, 5.74) is 0.559. The van der Waals surface area contributed by atoms with Gasteiger partial charge in [0.05, 0.1) is 0 Å². The zero-order valence-electron chi connectivity index (χ0n) is 9.09. The molecule has 0 atom stereocenters. The maximum absolute atomic E-state index is 11.8. The van der Waals surface area contributed by atoms with Crippen LogP contribution in [0.2, 0.25) is 0 Å². The lowest BCUT2D eigenvalue weighted by molar-refractivity contribution is 0.366. The molecule has 0 fully saturated rings. The first kappa shape index (κ1) is 10.8. The van der Waals surface area contributed by atoms with Gasteiger partial charge in [0, 0.05) is 31.4 Å². The average Bonchev–Trinajstić information content (AvgIpc) is 2.31. The molecule has 0 spiro atoms. The number of nitrogens with zero attached hydrogens (tertiary/aromatic N) is 3. The molecule has 5 nitrogen and oxygen atoms in total. The number of hydrogen-bond acceptors (Lipinski definition) is 4. The zero-order chi connectivity index (χ0) is 11.5. The van der Waals surface area contributed by atoms with E-state index in [9.17, 15) is 9.70 Å². The number of aromatic nitrogens is 1. The summed E-state index contributed by atoms with van der Waals surface area (Å²) in [5, 5.41) is 2.72. The highest BCUT2D eigenvalue weighted by Crippen LogP contribution is 2.14. The molecule has 1 aliphatic heterocycles. The van der Waals surface area contributed by atoms with Gasteiger partial charge in [-0.3, -0.25) is 9.36 Å². The largest absolute Gasteiger partial charge is 0.302 e. The molecular weight excluding hydrogens is 206 g/mol. The smallest absolute Gasteiger partial charge is 0.284 e. The van der Waals surface area contributed by atoms with E-state index in [-0.39, 0.29) is 11.2 Å². The molecule has 0 N–H and O–H groups in total. The molecule has 2 rings (SSSR count). The Morgan fingerprint density at radius 2 is 2.25 bits per heavy atom. The summed E-state index contributed by atoms with van der Waals surface area (Å²) < 4.78 is 1.50. The Kier molecular flexibility index (Phi) is 2.96. The Hall–Kier alpha value is -1.75. The van der Waals surface area contributed by atoms with Crippen LogP contribution in [0.25, 0.3) is 5.70 Å². The third-order valence-electron chi connectivity index (χ3n) is 2.72. The fraction of sp³-hybridized carbons (Fsp3) is 0.364. The van der Waals surface area contributed by atoms with Crippen LogP contribution in [-0.2, 0) is 0 Å². The minimum atomic E-state index is -0.340. The van der Waals surface area contributed by atoms with Crippen LogP contribution in [0.1, 0.15) is 6.42 Å². The first-order valence-electron chi connectivity index (χ1n) is 5.15. The van der Waals surface area contributed by atoms with Gasteiger partial charge < -0.3 is 4.90 Å². The van der Waals surface area contributed by atoms with E-state index in [4.69, 9.17) is 0 Å². The van der Waals surface area contributed by atoms with Crippen molar-refractivity contribution in [2.75, 3.05) is 20.1 Å². The summed E-state index contributed by atoms with van der Waals surface area (Å²) in [6, 6.07) is 3.10. The van der Waals surface area contributed by atoms with Gasteiger partial charge in [0.2, 0.25) is 0 Å². The van der Waals surface area contributed by atoms with Gasteiger partial charge in [-0.05, 0) is 24.4 Å². The molecule has 0 aliphatic carbocycles. The summed E-state index contributed by atoms with van der Waals surface area (Å²) >= 11 is 0. The van der Waals surface area contributed by atoms with Gasteiger partial charge in [-0.2, -0.15) is 0 Å². The average molecular weight is 219 g/mol. The standard InChI is InChI=1S/C11H13N3O2/c1-13-7-4-9(5-8-13)14-6-2-3-10(12-16)11(14)15/h2-4,6H,5,7-8H2,1H3. The van der Waals surface area contributed by atoms with E-state index in [1.54, 1.807) is 12.3 Å². The minimum Gasteiger partial charge on any atom is -0.302 e. The summed E-state index contributed by atoms with van der Waals surface area (Å²) in [7, 11) is 2.03. The van der Waals surface area contributed by atoms with Crippen LogP contribution in [-0.4, -0.2) is 29.6 Å². The maximum Gasteiger partial charge on any atom is 0.284 e. The molecule has 5 heteroatoms. The van der Waals surface area contributed by atoms with Crippen LogP contribution in [0.4, 0.5) is 5.69 Å². The predicted molar refractivity (Wildman–Crippen MR) is 62.5 cm³/mol. The Labute approximate surface area is 93.0 Å². The first-order chi connectivity index (χ1) is 7.72. The van der Waals surface area contributed by atoms with Crippen LogP contribution in [0, 0.1) is 4.91 Å². The first-order valence-corrected chi connectivity index (χ1v) is 5.15. The Balaban J connectivity index is 2.41. The molecule has 1 aromatic rings. The molecule has 0 unspecified atom stereocenters. The molecule has 0 aromatic carbocycles. The zero-order valence-corrected chi connectivity index (χ0v) is 9.09. The van der Waals surface area contributed by atoms with Crippen molar-refractivity contribution < 1.29 is 0 Å². The number of pyridine rings is 1. The number of rotatable bonds is 2. The molecule has 0 saturated carbocycles. The fourth-order valence-electron chi connectivity index (χ4n) is 1.76. The molecule has 1 aliphatic rings. The SMILES string of the molecule is CN1CC=C(n2cccc(N=O)c2=O)CC1. The van der Waals surface area contributed by atoms with Crippen LogP contribution in [0.15, 0.2) is 34.4 Å². The fourth-order valence-corrected chi connectivity index (χ4v) is 1.76. The van der Waals surface area contributed by atoms with Crippen molar-refractivity contribution in [1.29, 1.82) is 0 Å². The van der Waals surface area contributed by atoms with E-state index in [1.165, 1.54) is 10.6 Å². The second-order valence-corrected chi connectivity index (χ2v) is 3.87. The van der Waals surface area contributed by atoms with Crippen LogP contribution in [0.3, 0.4) is 0 Å². The molecule has 0 amide bonds. The minimum absolute atomic E-state index is 0.0395. The van der Waals surface area contributed by atoms with Crippen molar-refractivity contribution in [1.82, 2.24) is 9.47 Å². The van der Waals surface area contributed by atoms with Crippen LogP contribution >= 0.6 is 0 Å². The monoisotopic (exact) mass is 219 g/mol. The van der Waals surface area contributed by atoms with Crippen molar-refractivity contribution in [3.05, 3.63) is 39.7 Å². The third kappa shape index (κ3) is 1.94. The van der Waals surface area contributed by atoms with Crippen molar-refractivity contribution in [3.8, 4) is 0 Å². The van der Waals surface area contributed by atoms with Gasteiger partial charge in [-0.1, -0.05) is 6.08 Å². The Bertz CT molecular complexity index is 490. The summed E-state index contributed by atoms with van der Waals surface area (Å²) in [6.07, 6.45) is 4.48. The predicted octanol–water partition coefficient (Wildman–Crippen LogP) is 1.42. The maximum atomic E-state index is 11.8. The second-order valence-electron chi connectivity index (χ2n) is 3.87. The van der Waals surface area contributed by atoms with E-state index in [1.807, 2.05) is 13.1 Å². The number of likely N-dealkylation sites (N-methyl/N-ethyl adjacent to an activating group) is 1. The van der Waals surface area contributed by atoms with Crippen molar-refractivity contribution >= 4 is 11.4 Å². The van der Waals surface area contributed by atoms with Gasteiger partial charge in [0.1, 0.15) is 0 Å². The van der Waals surface area contributed by atoms with E-state index in [0.717, 1.165) is 25.2 Å². The molecule has 84 valence electrons. The van der Waals surface area contributed by atoms with Crippen molar-refractivity contribution in [2.24, 2.45) is 5.18 Å². The molecule has 0 saturated heterocycles. The lowest BCUT2D eigenvalue weighted by atomic mass is 10.2. The van der Waals surface area contributed by atoms with Crippen molar-refractivity contribution in [2.45, 2.75) is 6.42 Å². The molecular formula is C11H13N3O2. The summed E-state index contributed by atoms with van der Waals surface area (Å²) in [4.78, 5) is 24.4. The Morgan fingerprint density at radius 3 is 2.88 bits per heavy atom. The lowest BCUT2D eigenvalue weighted by Gasteiger charge is -2.22. The van der Waals surface area contributed by atoms with Gasteiger partial charge in [-0.25, -0.2) is 0 Å². The van der Waals surface area contributed by atoms with E-state index in [2.05, 4.69) is 10.1 Å². The highest BCUT2D eigenvalue weighted by Gasteiger charge is 2.11. The molecule has 1 aromatic heterocycles. The molecule has 0 bridgehead atoms. The summed E-state index contributed by atoms with van der Waals surface area (Å²) in [5.74, 6) is 0. The topological polar surface area (TPSA) is 54.7 Å². The molecule has 2 heterocycles. The van der Waals surface area contributed by atoms with E-state index >= 15 is 0 Å². The number of nitroso groups, excluding NO2 is 1. The lowest BCUT2D eigenvalue weighted by Crippen LogP contribution is -2.28. The normalized spacial score (nSPS) is 16.9. The van der Waals surface area contributed by atoms with E-state index in [0.29, 0.717) is 0 Å². The third-order valence-corrected chi connectivity index (χ3v) is 2.72. The van der Waals surface area contributed by atoms with Gasteiger partial charge in [0.25, 0.3) is 5.56 Å². The van der Waals surface area contributed by atoms with Crippen LogP contribution < -0.4 is 5.56 Å². The number of hydrogen-bond donors (Lipinski definition) is 0. The van der Waals surface area contributed by atoms with E-state index < -0.39 is 0 Å². The Morgan fingerprint density at radius 1 is 1.44 bits per heavy atom. The van der Waals surface area contributed by atoms with Crippen LogP contribution in [0.5, 0.6) is 0 Å². The van der Waals surface area contributed by atoms with Crippen molar-refractivity contribution in [3.63, 3.8) is 0 Å². The van der Waals surface area contributed by atoms with Gasteiger partial charge in [0.15, 0.2) is 5.69 Å². The molecule has 0 radical (unpaired) electrons. The summed E-state index contributed by atoms with van der Waals surface area (Å²) in [6.45, 7) is 1.73. The molecule has 16 heavy (non-hydrogen) atoms. The quantitative estimate of drug-likeness (QED) is 0.707. The van der Waals surface area contributed by atoms with Gasteiger partial charge in [-0.15, -0.1) is 4.91 Å². The second kappa shape index (κ2) is 4.40.